The first-order chi connectivity index (χ1) is 9.63. The number of fused-ring (bicyclic) bond motifs is 1. The molecule has 0 spiro atoms. The predicted molar refractivity (Wildman–Crippen MR) is 76.7 cm³/mol. The van der Waals surface area contributed by atoms with E-state index in [4.69, 9.17) is 16.3 Å². The fraction of sp³-hybridized carbons (Fsp3) is 0.357. The van der Waals surface area contributed by atoms with Crippen molar-refractivity contribution in [1.29, 1.82) is 0 Å². The Balaban J connectivity index is 1.83. The average molecular weight is 292 g/mol. The number of benzene rings is 1. The maximum atomic E-state index is 12.1. The number of carbonyl (C=O) groups excluding carboxylic acids is 1. The zero-order valence-corrected chi connectivity index (χ0v) is 11.7. The third-order valence-electron chi connectivity index (χ3n) is 3.34. The number of nitrogens with one attached hydrogen (secondary N) is 1. The number of hydrogen-bond donors (Lipinski definition) is 1. The van der Waals surface area contributed by atoms with Gasteiger partial charge >= 0.3 is 0 Å². The zero-order valence-electron chi connectivity index (χ0n) is 11.0. The van der Waals surface area contributed by atoms with Gasteiger partial charge in [0.1, 0.15) is 0 Å². The lowest BCUT2D eigenvalue weighted by Crippen LogP contribution is -2.24. The molecule has 5 nitrogen and oxygen atoms in total. The molecule has 104 valence electrons. The SMILES string of the molecule is CC1CC(C(=O)Nc2nc3ccccc3nc2Cl)CO1. The Morgan fingerprint density at radius 2 is 2.05 bits per heavy atom. The lowest BCUT2D eigenvalue weighted by Gasteiger charge is -2.10. The standard InChI is InChI=1S/C14H14ClN3O2/c1-8-6-9(7-20-8)14(19)18-13-12(15)16-10-4-2-3-5-11(10)17-13/h2-5,8-9H,6-7H2,1H3,(H,17,18,19). The number of carbonyl (C=O) groups is 1. The fourth-order valence-electron chi connectivity index (χ4n) is 2.28. The number of ether oxygens (including phenoxy) is 1. The Morgan fingerprint density at radius 1 is 1.35 bits per heavy atom. The minimum atomic E-state index is -0.158. The van der Waals surface area contributed by atoms with Crippen LogP contribution in [0.2, 0.25) is 5.15 Å². The molecule has 1 aromatic carbocycles. The normalized spacial score (nSPS) is 22.1. The molecule has 2 atom stereocenters. The van der Waals surface area contributed by atoms with Crippen molar-refractivity contribution in [3.8, 4) is 0 Å². The second-order valence-corrected chi connectivity index (χ2v) is 5.28. The van der Waals surface area contributed by atoms with Crippen LogP contribution >= 0.6 is 11.6 Å². The number of rotatable bonds is 2. The lowest BCUT2D eigenvalue weighted by molar-refractivity contribution is -0.119. The van der Waals surface area contributed by atoms with Crippen molar-refractivity contribution in [1.82, 2.24) is 9.97 Å². The molecule has 0 saturated carbocycles. The van der Waals surface area contributed by atoms with E-state index in [0.717, 1.165) is 0 Å². The highest BCUT2D eigenvalue weighted by Gasteiger charge is 2.29. The number of amides is 1. The first kappa shape index (κ1) is 13.3. The van der Waals surface area contributed by atoms with Crippen LogP contribution in [-0.4, -0.2) is 28.6 Å². The summed E-state index contributed by atoms with van der Waals surface area (Å²) in [4.78, 5) is 20.7. The number of aromatic nitrogens is 2. The summed E-state index contributed by atoms with van der Waals surface area (Å²) in [7, 11) is 0. The molecular formula is C14H14ClN3O2. The van der Waals surface area contributed by atoms with E-state index in [-0.39, 0.29) is 23.1 Å². The van der Waals surface area contributed by atoms with Crippen LogP contribution in [0, 0.1) is 5.92 Å². The maximum absolute atomic E-state index is 12.1. The highest BCUT2D eigenvalue weighted by molar-refractivity contribution is 6.32. The average Bonchev–Trinajstić information content (AvgIpc) is 2.86. The molecular weight excluding hydrogens is 278 g/mol. The number of para-hydroxylation sites is 2. The molecule has 0 radical (unpaired) electrons. The number of hydrogen-bond acceptors (Lipinski definition) is 4. The molecule has 0 bridgehead atoms. The molecule has 1 N–H and O–H groups in total. The highest BCUT2D eigenvalue weighted by atomic mass is 35.5. The van der Waals surface area contributed by atoms with E-state index in [0.29, 0.717) is 29.9 Å². The van der Waals surface area contributed by atoms with Crippen molar-refractivity contribution >= 4 is 34.4 Å². The molecule has 0 aliphatic carbocycles. The van der Waals surface area contributed by atoms with Gasteiger partial charge in [-0.3, -0.25) is 4.79 Å². The van der Waals surface area contributed by atoms with Crippen LogP contribution in [0.25, 0.3) is 11.0 Å². The van der Waals surface area contributed by atoms with E-state index < -0.39 is 0 Å². The summed E-state index contributed by atoms with van der Waals surface area (Å²) < 4.78 is 5.39. The van der Waals surface area contributed by atoms with Crippen molar-refractivity contribution in [2.75, 3.05) is 11.9 Å². The van der Waals surface area contributed by atoms with Crippen molar-refractivity contribution in [2.24, 2.45) is 5.92 Å². The van der Waals surface area contributed by atoms with E-state index in [2.05, 4.69) is 15.3 Å². The summed E-state index contributed by atoms with van der Waals surface area (Å²) in [5.74, 6) is 0.0186. The van der Waals surface area contributed by atoms with Gasteiger partial charge in [0.05, 0.1) is 29.7 Å². The fourth-order valence-corrected chi connectivity index (χ4v) is 2.46. The maximum Gasteiger partial charge on any atom is 0.231 e. The molecule has 1 aliphatic rings. The van der Waals surface area contributed by atoms with Gasteiger partial charge < -0.3 is 10.1 Å². The Labute approximate surface area is 121 Å². The van der Waals surface area contributed by atoms with Crippen LogP contribution in [0.15, 0.2) is 24.3 Å². The smallest absolute Gasteiger partial charge is 0.231 e. The number of anilines is 1. The largest absolute Gasteiger partial charge is 0.378 e. The zero-order chi connectivity index (χ0) is 14.1. The molecule has 6 heteroatoms. The topological polar surface area (TPSA) is 64.1 Å². The Bertz CT molecular complexity index is 662. The summed E-state index contributed by atoms with van der Waals surface area (Å²) in [5.41, 5.74) is 1.40. The second-order valence-electron chi connectivity index (χ2n) is 4.92. The second kappa shape index (κ2) is 5.34. The van der Waals surface area contributed by atoms with Gasteiger partial charge in [-0.1, -0.05) is 23.7 Å². The first-order valence-corrected chi connectivity index (χ1v) is 6.86. The molecule has 20 heavy (non-hydrogen) atoms. The third-order valence-corrected chi connectivity index (χ3v) is 3.60. The first-order valence-electron chi connectivity index (χ1n) is 6.48. The molecule has 3 rings (SSSR count). The highest BCUT2D eigenvalue weighted by Crippen LogP contribution is 2.24. The van der Waals surface area contributed by atoms with Crippen LogP contribution in [-0.2, 0) is 9.53 Å². The van der Waals surface area contributed by atoms with Crippen molar-refractivity contribution in [2.45, 2.75) is 19.4 Å². The van der Waals surface area contributed by atoms with Crippen molar-refractivity contribution < 1.29 is 9.53 Å². The van der Waals surface area contributed by atoms with Gasteiger partial charge in [0.2, 0.25) is 5.91 Å². The lowest BCUT2D eigenvalue weighted by atomic mass is 10.1. The Kier molecular flexibility index (Phi) is 3.54. The monoisotopic (exact) mass is 291 g/mol. The molecule has 1 saturated heterocycles. The van der Waals surface area contributed by atoms with Gasteiger partial charge in [0.15, 0.2) is 11.0 Å². The summed E-state index contributed by atoms with van der Waals surface area (Å²) in [6.45, 7) is 2.39. The molecule has 1 fully saturated rings. The van der Waals surface area contributed by atoms with Crippen LogP contribution in [0.5, 0.6) is 0 Å². The van der Waals surface area contributed by atoms with Gasteiger partial charge in [0.25, 0.3) is 0 Å². The van der Waals surface area contributed by atoms with E-state index in [9.17, 15) is 4.79 Å². The van der Waals surface area contributed by atoms with Crippen LogP contribution in [0.3, 0.4) is 0 Å². The molecule has 1 aromatic heterocycles. The van der Waals surface area contributed by atoms with Crippen LogP contribution < -0.4 is 5.32 Å². The van der Waals surface area contributed by atoms with E-state index in [1.165, 1.54) is 0 Å². The summed E-state index contributed by atoms with van der Waals surface area (Å²) in [6, 6.07) is 7.38. The molecule has 1 amide bonds. The summed E-state index contributed by atoms with van der Waals surface area (Å²) >= 11 is 6.06. The number of nitrogens with zero attached hydrogens (tertiary/aromatic N) is 2. The van der Waals surface area contributed by atoms with E-state index in [1.807, 2.05) is 31.2 Å². The van der Waals surface area contributed by atoms with Gasteiger partial charge in [-0.2, -0.15) is 0 Å². The van der Waals surface area contributed by atoms with Crippen molar-refractivity contribution in [3.63, 3.8) is 0 Å². The Hall–Kier alpha value is -1.72. The summed E-state index contributed by atoms with van der Waals surface area (Å²) in [5, 5.41) is 2.94. The third kappa shape index (κ3) is 2.59. The minimum Gasteiger partial charge on any atom is -0.378 e. The molecule has 2 unspecified atom stereocenters. The number of halogens is 1. The van der Waals surface area contributed by atoms with Gasteiger partial charge in [-0.15, -0.1) is 0 Å². The molecule has 2 aromatic rings. The van der Waals surface area contributed by atoms with Gasteiger partial charge in [-0.25, -0.2) is 9.97 Å². The van der Waals surface area contributed by atoms with Crippen LogP contribution in [0.1, 0.15) is 13.3 Å². The molecule has 2 heterocycles. The van der Waals surface area contributed by atoms with Crippen molar-refractivity contribution in [3.05, 3.63) is 29.4 Å². The van der Waals surface area contributed by atoms with Crippen LogP contribution in [0.4, 0.5) is 5.82 Å². The minimum absolute atomic E-state index is 0.115. The van der Waals surface area contributed by atoms with Gasteiger partial charge in [-0.05, 0) is 25.5 Å². The summed E-state index contributed by atoms with van der Waals surface area (Å²) in [6.07, 6.45) is 0.827. The Morgan fingerprint density at radius 3 is 2.70 bits per heavy atom. The van der Waals surface area contributed by atoms with Gasteiger partial charge in [0, 0.05) is 0 Å². The molecule has 1 aliphatic heterocycles. The quantitative estimate of drug-likeness (QED) is 0.924. The van der Waals surface area contributed by atoms with E-state index >= 15 is 0 Å². The van der Waals surface area contributed by atoms with E-state index in [1.54, 1.807) is 0 Å². The predicted octanol–water partition coefficient (Wildman–Crippen LogP) is 2.65.